The minimum Gasteiger partial charge on any atom is -0.383 e. The predicted molar refractivity (Wildman–Crippen MR) is 121 cm³/mol. The van der Waals surface area contributed by atoms with Crippen molar-refractivity contribution < 1.29 is 13.2 Å². The molecule has 0 saturated carbocycles. The molecule has 2 unspecified atom stereocenters. The molecule has 0 bridgehead atoms. The zero-order chi connectivity index (χ0) is 22.5. The molecule has 6 heteroatoms. The van der Waals surface area contributed by atoms with E-state index in [1.807, 2.05) is 20.0 Å². The molecule has 0 radical (unpaired) electrons. The lowest BCUT2D eigenvalue weighted by atomic mass is 9.91. The summed E-state index contributed by atoms with van der Waals surface area (Å²) in [5, 5.41) is 6.96. The number of aromatic amines is 1. The van der Waals surface area contributed by atoms with Crippen molar-refractivity contribution in [3.8, 4) is 11.3 Å². The Hall–Kier alpha value is -2.99. The van der Waals surface area contributed by atoms with E-state index in [1.54, 1.807) is 12.1 Å². The van der Waals surface area contributed by atoms with E-state index in [1.165, 1.54) is 18.2 Å². The van der Waals surface area contributed by atoms with Crippen molar-refractivity contribution >= 4 is 10.9 Å². The number of nitrogens with one attached hydrogen (secondary N) is 3. The lowest BCUT2D eigenvalue weighted by Crippen LogP contribution is -2.29. The summed E-state index contributed by atoms with van der Waals surface area (Å²) in [4.78, 5) is 3.09. The van der Waals surface area contributed by atoms with E-state index in [0.29, 0.717) is 23.1 Å². The summed E-state index contributed by atoms with van der Waals surface area (Å²) in [7, 11) is 1.89. The average molecular weight is 428 g/mol. The fourth-order valence-corrected chi connectivity index (χ4v) is 3.94. The number of halogens is 3. The molecule has 3 rings (SSSR count). The molecule has 164 valence electrons. The van der Waals surface area contributed by atoms with Gasteiger partial charge in [-0.25, -0.2) is 13.2 Å². The van der Waals surface area contributed by atoms with Gasteiger partial charge in [-0.05, 0) is 73.8 Å². The minimum absolute atomic E-state index is 0.0709. The Morgan fingerprint density at radius 3 is 2.48 bits per heavy atom. The van der Waals surface area contributed by atoms with Gasteiger partial charge in [-0.2, -0.15) is 0 Å². The van der Waals surface area contributed by atoms with E-state index in [2.05, 4.69) is 28.8 Å². The number of aromatic nitrogens is 1. The van der Waals surface area contributed by atoms with Crippen LogP contribution in [-0.2, 0) is 0 Å². The highest BCUT2D eigenvalue weighted by Crippen LogP contribution is 2.39. The fraction of sp³-hybridized carbons (Fsp3) is 0.280. The minimum atomic E-state index is -0.660. The maximum atomic E-state index is 14.5. The number of benzene rings is 2. The topological polar surface area (TPSA) is 39.8 Å². The van der Waals surface area contributed by atoms with E-state index in [4.69, 9.17) is 0 Å². The van der Waals surface area contributed by atoms with Crippen LogP contribution < -0.4 is 10.6 Å². The number of H-pyrrole nitrogens is 1. The molecular weight excluding hydrogens is 399 g/mol. The lowest BCUT2D eigenvalue weighted by Gasteiger charge is -2.21. The van der Waals surface area contributed by atoms with Gasteiger partial charge in [0.25, 0.3) is 0 Å². The summed E-state index contributed by atoms with van der Waals surface area (Å²) in [6.45, 7) is 10.8. The molecule has 0 fully saturated rings. The van der Waals surface area contributed by atoms with E-state index in [9.17, 15) is 13.2 Å². The van der Waals surface area contributed by atoms with Crippen LogP contribution in [0.5, 0.6) is 0 Å². The lowest BCUT2D eigenvalue weighted by molar-refractivity contribution is 0.568. The third-order valence-corrected chi connectivity index (χ3v) is 5.42. The molecule has 1 aromatic heterocycles. The van der Waals surface area contributed by atoms with Gasteiger partial charge in [0.2, 0.25) is 0 Å². The molecule has 0 amide bonds. The van der Waals surface area contributed by atoms with Crippen LogP contribution in [0, 0.1) is 17.5 Å². The van der Waals surface area contributed by atoms with Crippen molar-refractivity contribution in [1.82, 2.24) is 15.6 Å². The predicted octanol–water partition coefficient (Wildman–Crippen LogP) is 6.01. The van der Waals surface area contributed by atoms with Crippen LogP contribution in [0.2, 0.25) is 0 Å². The molecule has 2 aromatic carbocycles. The normalized spacial score (nSPS) is 13.2. The van der Waals surface area contributed by atoms with E-state index >= 15 is 0 Å². The summed E-state index contributed by atoms with van der Waals surface area (Å²) >= 11 is 0. The van der Waals surface area contributed by atoms with Crippen LogP contribution in [0.15, 0.2) is 61.3 Å². The number of hydrogen-bond acceptors (Lipinski definition) is 2. The first-order valence-electron chi connectivity index (χ1n) is 10.3. The van der Waals surface area contributed by atoms with Crippen LogP contribution in [-0.4, -0.2) is 24.6 Å². The SMILES string of the molecule is C=CC(CCNC)NC(=C)CC(C)c1c(-c2ccc(F)cc2)[nH]c2c(F)cc(F)cc12. The highest BCUT2D eigenvalue weighted by atomic mass is 19.1. The van der Waals surface area contributed by atoms with Crippen molar-refractivity contribution in [3.63, 3.8) is 0 Å². The van der Waals surface area contributed by atoms with E-state index in [-0.39, 0.29) is 23.3 Å². The second-order valence-electron chi connectivity index (χ2n) is 7.82. The van der Waals surface area contributed by atoms with E-state index in [0.717, 1.165) is 30.3 Å². The van der Waals surface area contributed by atoms with Crippen LogP contribution in [0.25, 0.3) is 22.2 Å². The van der Waals surface area contributed by atoms with Gasteiger partial charge in [-0.15, -0.1) is 6.58 Å². The summed E-state index contributed by atoms with van der Waals surface area (Å²) in [5.41, 5.74) is 3.17. The first-order valence-corrected chi connectivity index (χ1v) is 10.3. The number of fused-ring (bicyclic) bond motifs is 1. The first kappa shape index (κ1) is 22.7. The zero-order valence-electron chi connectivity index (χ0n) is 17.9. The molecule has 31 heavy (non-hydrogen) atoms. The Morgan fingerprint density at radius 1 is 1.13 bits per heavy atom. The van der Waals surface area contributed by atoms with Gasteiger partial charge in [0, 0.05) is 23.2 Å². The molecule has 3 N–H and O–H groups in total. The number of allylic oxidation sites excluding steroid dienone is 1. The van der Waals surface area contributed by atoms with Crippen molar-refractivity contribution in [2.24, 2.45) is 0 Å². The van der Waals surface area contributed by atoms with Crippen LogP contribution in [0.1, 0.15) is 31.2 Å². The Labute approximate surface area is 181 Å². The molecule has 2 atom stereocenters. The highest BCUT2D eigenvalue weighted by molar-refractivity contribution is 5.92. The van der Waals surface area contributed by atoms with Gasteiger partial charge >= 0.3 is 0 Å². The van der Waals surface area contributed by atoms with Crippen molar-refractivity contribution in [3.05, 3.63) is 84.3 Å². The molecule has 0 aliphatic carbocycles. The Bertz CT molecular complexity index is 1070. The van der Waals surface area contributed by atoms with Gasteiger partial charge < -0.3 is 15.6 Å². The molecule has 0 spiro atoms. The molecule has 1 heterocycles. The van der Waals surface area contributed by atoms with Crippen LogP contribution >= 0.6 is 0 Å². The van der Waals surface area contributed by atoms with Crippen LogP contribution in [0.4, 0.5) is 13.2 Å². The van der Waals surface area contributed by atoms with Gasteiger partial charge in [0.05, 0.1) is 11.2 Å². The second-order valence-corrected chi connectivity index (χ2v) is 7.82. The Balaban J connectivity index is 1.97. The smallest absolute Gasteiger partial charge is 0.150 e. The van der Waals surface area contributed by atoms with Gasteiger partial charge in [-0.1, -0.05) is 19.6 Å². The first-order chi connectivity index (χ1) is 14.8. The second kappa shape index (κ2) is 9.88. The standard InChI is InChI=1S/C25H28F3N3/c1-5-20(10-11-29-4)30-16(3)12-15(2)23-21-13-19(27)14-22(28)25(21)31-24(23)17-6-8-18(26)9-7-17/h5-9,13-15,20,29-31H,1,3,10-12H2,2,4H3. The molecule has 0 saturated heterocycles. The largest absolute Gasteiger partial charge is 0.383 e. The maximum Gasteiger partial charge on any atom is 0.150 e. The zero-order valence-corrected chi connectivity index (χ0v) is 17.9. The van der Waals surface area contributed by atoms with Gasteiger partial charge in [-0.3, -0.25) is 0 Å². The van der Waals surface area contributed by atoms with E-state index < -0.39 is 11.6 Å². The summed E-state index contributed by atoms with van der Waals surface area (Å²) < 4.78 is 42.0. The summed E-state index contributed by atoms with van der Waals surface area (Å²) in [5.74, 6) is -1.77. The molecule has 0 aliphatic rings. The quantitative estimate of drug-likeness (QED) is 0.347. The van der Waals surface area contributed by atoms with Crippen molar-refractivity contribution in [2.45, 2.75) is 31.7 Å². The Kier molecular flexibility index (Phi) is 7.23. The number of rotatable bonds is 10. The van der Waals surface area contributed by atoms with Crippen molar-refractivity contribution in [2.75, 3.05) is 13.6 Å². The highest BCUT2D eigenvalue weighted by Gasteiger charge is 2.22. The average Bonchev–Trinajstić information content (AvgIpc) is 3.11. The molecule has 3 nitrogen and oxygen atoms in total. The van der Waals surface area contributed by atoms with Gasteiger partial charge in [0.15, 0.2) is 0 Å². The Morgan fingerprint density at radius 2 is 1.84 bits per heavy atom. The monoisotopic (exact) mass is 427 g/mol. The third kappa shape index (κ3) is 5.20. The van der Waals surface area contributed by atoms with Crippen LogP contribution in [0.3, 0.4) is 0 Å². The summed E-state index contributed by atoms with van der Waals surface area (Å²) in [6.07, 6.45) is 3.26. The summed E-state index contributed by atoms with van der Waals surface area (Å²) in [6, 6.07) is 8.22. The van der Waals surface area contributed by atoms with Crippen molar-refractivity contribution in [1.29, 1.82) is 0 Å². The molecule has 3 aromatic rings. The van der Waals surface area contributed by atoms with Gasteiger partial charge in [0.1, 0.15) is 17.5 Å². The molecular formula is C25H28F3N3. The molecule has 0 aliphatic heterocycles. The third-order valence-electron chi connectivity index (χ3n) is 5.42. The fourth-order valence-electron chi connectivity index (χ4n) is 3.94. The number of hydrogen-bond donors (Lipinski definition) is 3. The maximum absolute atomic E-state index is 14.5.